The number of aryl methyl sites for hydroxylation is 1. The third-order valence-corrected chi connectivity index (χ3v) is 10.6. The molecule has 0 bridgehead atoms. The van der Waals surface area contributed by atoms with Gasteiger partial charge in [0.05, 0.1) is 11.5 Å². The van der Waals surface area contributed by atoms with Crippen LogP contribution in [-0.2, 0) is 18.7 Å². The first-order valence-electron chi connectivity index (χ1n) is 8.49. The predicted molar refractivity (Wildman–Crippen MR) is 101 cm³/mol. The van der Waals surface area contributed by atoms with Gasteiger partial charge in [0.2, 0.25) is 0 Å². The van der Waals surface area contributed by atoms with Crippen molar-refractivity contribution < 1.29 is 17.0 Å². The molecular weight excluding hydrogens is 340 g/mol. The van der Waals surface area contributed by atoms with Crippen LogP contribution in [0.25, 0.3) is 0 Å². The van der Waals surface area contributed by atoms with Gasteiger partial charge in [0.1, 0.15) is 0 Å². The van der Waals surface area contributed by atoms with E-state index in [0.717, 1.165) is 12.0 Å². The lowest BCUT2D eigenvalue weighted by Crippen LogP contribution is -2.42. The van der Waals surface area contributed by atoms with Crippen LogP contribution in [0, 0.1) is 12.8 Å². The monoisotopic (exact) mass is 372 g/mol. The zero-order valence-corrected chi connectivity index (χ0v) is 17.9. The summed E-state index contributed by atoms with van der Waals surface area (Å²) in [5, 5.41) is 0.139. The standard InChI is InChI=1S/C18H32O4SSi/c1-8-16(14-22-24(6,7)18(3,4)5)13-21-23(19,20)17-11-9-15(2)10-12-17/h9-12,16H,8,13-14H2,1-7H3. The average Bonchev–Trinajstić information content (AvgIpc) is 2.46. The van der Waals surface area contributed by atoms with E-state index >= 15 is 0 Å². The van der Waals surface area contributed by atoms with Gasteiger partial charge >= 0.3 is 0 Å². The quantitative estimate of drug-likeness (QED) is 0.488. The van der Waals surface area contributed by atoms with Crippen LogP contribution < -0.4 is 0 Å². The minimum atomic E-state index is -3.71. The molecule has 0 aliphatic carbocycles. The maximum Gasteiger partial charge on any atom is 0.296 e. The largest absolute Gasteiger partial charge is 0.416 e. The lowest BCUT2D eigenvalue weighted by Gasteiger charge is -2.37. The summed E-state index contributed by atoms with van der Waals surface area (Å²) in [6.45, 7) is 15.6. The minimum Gasteiger partial charge on any atom is -0.416 e. The van der Waals surface area contributed by atoms with E-state index in [-0.39, 0.29) is 22.5 Å². The Morgan fingerprint density at radius 1 is 1.08 bits per heavy atom. The molecule has 0 aromatic heterocycles. The van der Waals surface area contributed by atoms with Crippen molar-refractivity contribution in [2.75, 3.05) is 13.2 Å². The van der Waals surface area contributed by atoms with Crippen molar-refractivity contribution in [2.24, 2.45) is 5.92 Å². The van der Waals surface area contributed by atoms with Crippen LogP contribution in [0.2, 0.25) is 18.1 Å². The predicted octanol–water partition coefficient (Wildman–Crippen LogP) is 4.75. The minimum absolute atomic E-state index is 0.0688. The normalized spacial score (nSPS) is 14.6. The summed E-state index contributed by atoms with van der Waals surface area (Å²) in [6.07, 6.45) is 0.818. The second-order valence-electron chi connectivity index (χ2n) is 7.90. The fourth-order valence-corrected chi connectivity index (χ4v) is 3.85. The Morgan fingerprint density at radius 3 is 2.08 bits per heavy atom. The van der Waals surface area contributed by atoms with Gasteiger partial charge in [-0.3, -0.25) is 4.18 Å². The van der Waals surface area contributed by atoms with Crippen molar-refractivity contribution in [3.05, 3.63) is 29.8 Å². The van der Waals surface area contributed by atoms with Crippen LogP contribution >= 0.6 is 0 Å². The molecule has 1 atom stereocenters. The molecule has 0 aliphatic rings. The molecule has 0 saturated carbocycles. The summed E-state index contributed by atoms with van der Waals surface area (Å²) < 4.78 is 36.0. The zero-order valence-electron chi connectivity index (χ0n) is 16.0. The lowest BCUT2D eigenvalue weighted by molar-refractivity contribution is 0.166. The third-order valence-electron chi connectivity index (χ3n) is 4.83. The summed E-state index contributed by atoms with van der Waals surface area (Å²) >= 11 is 0. The van der Waals surface area contributed by atoms with Crippen molar-refractivity contribution in [3.63, 3.8) is 0 Å². The topological polar surface area (TPSA) is 52.6 Å². The smallest absolute Gasteiger partial charge is 0.296 e. The Hall–Kier alpha value is -0.693. The van der Waals surface area contributed by atoms with Gasteiger partial charge in [0.15, 0.2) is 8.32 Å². The summed E-state index contributed by atoms with van der Waals surface area (Å²) in [5.74, 6) is 0.0688. The Morgan fingerprint density at radius 2 is 1.62 bits per heavy atom. The van der Waals surface area contributed by atoms with Crippen molar-refractivity contribution in [3.8, 4) is 0 Å². The Labute approximate surface area is 148 Å². The summed E-state index contributed by atoms with van der Waals surface area (Å²) in [4.78, 5) is 0.202. The molecule has 0 amide bonds. The number of rotatable bonds is 8. The average molecular weight is 373 g/mol. The molecule has 0 aliphatic heterocycles. The van der Waals surface area contributed by atoms with Gasteiger partial charge in [-0.15, -0.1) is 0 Å². The van der Waals surface area contributed by atoms with E-state index in [1.165, 1.54) is 0 Å². The van der Waals surface area contributed by atoms with Gasteiger partial charge in [0.25, 0.3) is 10.1 Å². The Bertz CT molecular complexity index is 615. The highest BCUT2D eigenvalue weighted by Gasteiger charge is 2.37. The SMILES string of the molecule is CCC(CO[Si](C)(C)C(C)(C)C)COS(=O)(=O)c1ccc(C)cc1. The van der Waals surface area contributed by atoms with Gasteiger partial charge in [0, 0.05) is 12.5 Å². The molecule has 1 unspecified atom stereocenters. The third kappa shape index (κ3) is 5.99. The van der Waals surface area contributed by atoms with E-state index in [4.69, 9.17) is 8.61 Å². The molecule has 0 fully saturated rings. The first kappa shape index (κ1) is 21.3. The van der Waals surface area contributed by atoms with Gasteiger partial charge in [-0.25, -0.2) is 0 Å². The van der Waals surface area contributed by atoms with Crippen LogP contribution in [0.15, 0.2) is 29.2 Å². The first-order valence-corrected chi connectivity index (χ1v) is 12.8. The van der Waals surface area contributed by atoms with E-state index in [9.17, 15) is 8.42 Å². The van der Waals surface area contributed by atoms with Crippen molar-refractivity contribution >= 4 is 18.4 Å². The van der Waals surface area contributed by atoms with Gasteiger partial charge < -0.3 is 4.43 Å². The summed E-state index contributed by atoms with van der Waals surface area (Å²) in [5.41, 5.74) is 1.02. The highest BCUT2D eigenvalue weighted by atomic mass is 32.2. The Kier molecular flexibility index (Phi) is 7.23. The molecule has 0 heterocycles. The molecular formula is C18H32O4SSi. The summed E-state index contributed by atoms with van der Waals surface area (Å²) in [6, 6.07) is 6.71. The fourth-order valence-electron chi connectivity index (χ4n) is 1.79. The maximum atomic E-state index is 12.3. The Balaban J connectivity index is 2.65. The molecule has 138 valence electrons. The van der Waals surface area contributed by atoms with Crippen LogP contribution in [0.1, 0.15) is 39.7 Å². The number of hydrogen-bond donors (Lipinski definition) is 0. The van der Waals surface area contributed by atoms with Crippen LogP contribution in [0.4, 0.5) is 0 Å². The molecule has 1 aromatic rings. The second kappa shape index (κ2) is 8.12. The molecule has 6 heteroatoms. The molecule has 4 nitrogen and oxygen atoms in total. The zero-order chi connectivity index (χ0) is 18.6. The van der Waals surface area contributed by atoms with Crippen LogP contribution in [-0.4, -0.2) is 29.9 Å². The molecule has 0 N–H and O–H groups in total. The molecule has 1 aromatic carbocycles. The lowest BCUT2D eigenvalue weighted by atomic mass is 10.1. The van der Waals surface area contributed by atoms with E-state index in [0.29, 0.717) is 6.61 Å². The first-order chi connectivity index (χ1) is 10.9. The summed E-state index contributed by atoms with van der Waals surface area (Å²) in [7, 11) is -5.54. The molecule has 24 heavy (non-hydrogen) atoms. The van der Waals surface area contributed by atoms with E-state index in [2.05, 4.69) is 33.9 Å². The second-order valence-corrected chi connectivity index (χ2v) is 14.3. The molecule has 0 spiro atoms. The van der Waals surface area contributed by atoms with Gasteiger partial charge in [-0.1, -0.05) is 45.4 Å². The number of benzene rings is 1. The van der Waals surface area contributed by atoms with Crippen molar-refractivity contribution in [1.29, 1.82) is 0 Å². The fraction of sp³-hybridized carbons (Fsp3) is 0.667. The van der Waals surface area contributed by atoms with Gasteiger partial charge in [-0.05, 0) is 43.6 Å². The van der Waals surface area contributed by atoms with E-state index in [1.807, 2.05) is 13.8 Å². The molecule has 0 radical (unpaired) electrons. The van der Waals surface area contributed by atoms with Crippen molar-refractivity contribution in [2.45, 2.75) is 64.1 Å². The number of hydrogen-bond acceptors (Lipinski definition) is 4. The van der Waals surface area contributed by atoms with Crippen LogP contribution in [0.5, 0.6) is 0 Å². The van der Waals surface area contributed by atoms with Crippen molar-refractivity contribution in [1.82, 2.24) is 0 Å². The highest BCUT2D eigenvalue weighted by molar-refractivity contribution is 7.86. The van der Waals surface area contributed by atoms with E-state index in [1.54, 1.807) is 24.3 Å². The maximum absolute atomic E-state index is 12.3. The highest BCUT2D eigenvalue weighted by Crippen LogP contribution is 2.36. The van der Waals surface area contributed by atoms with E-state index < -0.39 is 18.4 Å². The molecule has 0 saturated heterocycles. The molecule has 1 rings (SSSR count). The van der Waals surface area contributed by atoms with Crippen LogP contribution in [0.3, 0.4) is 0 Å². The van der Waals surface area contributed by atoms with Gasteiger partial charge in [-0.2, -0.15) is 8.42 Å².